The van der Waals surface area contributed by atoms with E-state index < -0.39 is 23.0 Å². The highest BCUT2D eigenvalue weighted by atomic mass is 31.3. The Hall–Kier alpha value is -11.1. The fourth-order valence-electron chi connectivity index (χ4n) is 17.3. The highest BCUT2D eigenvalue weighted by molar-refractivity contribution is 7.79. The van der Waals surface area contributed by atoms with Crippen LogP contribution in [-0.2, 0) is 0 Å². The van der Waals surface area contributed by atoms with Gasteiger partial charge in [-0.1, -0.05) is 396 Å². The van der Waals surface area contributed by atoms with Gasteiger partial charge in [0.2, 0.25) is 0 Å². The van der Waals surface area contributed by atoms with Crippen LogP contribution in [-0.4, -0.2) is 39.6 Å². The van der Waals surface area contributed by atoms with Gasteiger partial charge in [0.1, 0.15) is 69.0 Å². The second-order valence-corrected chi connectivity index (χ2v) is 46.0. The molecule has 0 saturated heterocycles. The van der Waals surface area contributed by atoms with Crippen LogP contribution in [0.15, 0.2) is 305 Å². The van der Waals surface area contributed by atoms with Crippen molar-refractivity contribution in [1.29, 1.82) is 0 Å². The summed E-state index contributed by atoms with van der Waals surface area (Å²) in [4.78, 5) is 0. The average Bonchev–Trinajstić information content (AvgIpc) is 0.726. The predicted molar refractivity (Wildman–Crippen MR) is 604 cm³/mol. The van der Waals surface area contributed by atoms with Crippen LogP contribution in [0.3, 0.4) is 0 Å². The van der Waals surface area contributed by atoms with Crippen LogP contribution in [0.2, 0.25) is 0 Å². The number of ether oxygens (including phenoxy) is 6. The minimum Gasteiger partial charge on any atom is -0.494 e. The van der Waals surface area contributed by atoms with Crippen molar-refractivity contribution in [3.8, 4) is 136 Å². The summed E-state index contributed by atoms with van der Waals surface area (Å²) in [7, 11) is -13.5. The van der Waals surface area contributed by atoms with E-state index in [1.165, 1.54) is 116 Å². The molecule has 0 spiro atoms. The van der Waals surface area contributed by atoms with Crippen LogP contribution in [0.5, 0.6) is 69.0 Å². The molecule has 0 aliphatic carbocycles. The van der Waals surface area contributed by atoms with Gasteiger partial charge in [-0.2, -0.15) is 0 Å². The van der Waals surface area contributed by atoms with Crippen LogP contribution in [0.4, 0.5) is 0 Å². The number of rotatable bonds is 66. The van der Waals surface area contributed by atoms with Crippen molar-refractivity contribution >= 4 is 23.0 Å². The molecule has 6 atom stereocenters. The molecule has 0 unspecified atom stereocenters. The zero-order valence-corrected chi connectivity index (χ0v) is 90.9. The van der Waals surface area contributed by atoms with Gasteiger partial charge < -0.3 is 55.6 Å². The van der Waals surface area contributed by atoms with E-state index in [9.17, 15) is 0 Å². The highest BCUT2D eigenvalue weighted by Gasteiger charge is 2.49. The molecule has 13 rings (SSSR count). The maximum absolute atomic E-state index is 7.73. The van der Waals surface area contributed by atoms with Crippen LogP contribution >= 0.6 is 23.0 Å². The van der Waals surface area contributed by atoms with Crippen molar-refractivity contribution in [3.05, 3.63) is 291 Å². The number of unbranched alkanes of at least 4 members (excludes halogenated alkanes) is 12. The summed E-state index contributed by atoms with van der Waals surface area (Å²) in [6, 6.07) is 97.3. The van der Waals surface area contributed by atoms with Crippen LogP contribution < -0.4 is 55.6 Å². The minimum absolute atomic E-state index is 0.377. The zero-order valence-electron chi connectivity index (χ0n) is 88.2. The van der Waals surface area contributed by atoms with E-state index in [0.29, 0.717) is 74.1 Å². The van der Waals surface area contributed by atoms with E-state index in [-0.39, 0.29) is 0 Å². The predicted octanol–water partition coefficient (Wildman–Crippen LogP) is 40.2. The first-order valence-electron chi connectivity index (χ1n) is 54.4. The third-order valence-corrected chi connectivity index (χ3v) is 36.2. The molecule has 768 valence electrons. The summed E-state index contributed by atoms with van der Waals surface area (Å²) < 4.78 is 102. The maximum atomic E-state index is 7.73. The van der Waals surface area contributed by atoms with Crippen molar-refractivity contribution in [2.45, 2.75) is 276 Å². The first kappa shape index (κ1) is 110. The number of hydrogen-bond donors (Lipinski definition) is 0. The summed E-state index contributed by atoms with van der Waals surface area (Å²) in [6.45, 7) is 31.6. The second kappa shape index (κ2) is 58.9. The number of hydrogen-bond acceptors (Lipinski definition) is 15. The Bertz CT molecular complexity index is 4910. The van der Waals surface area contributed by atoms with Gasteiger partial charge in [0, 0.05) is 0 Å². The first-order valence-corrected chi connectivity index (χ1v) is 59.0. The van der Waals surface area contributed by atoms with Crippen molar-refractivity contribution in [2.75, 3.05) is 39.6 Å². The van der Waals surface area contributed by atoms with Crippen molar-refractivity contribution in [2.24, 2.45) is 49.1 Å². The molecule has 0 saturated carbocycles. The summed E-state index contributed by atoms with van der Waals surface area (Å²) in [6.07, 6.45) is 34.8. The van der Waals surface area contributed by atoms with Gasteiger partial charge in [0.15, 0.2) is 0 Å². The van der Waals surface area contributed by atoms with E-state index >= 15 is 0 Å². The lowest BCUT2D eigenvalue weighted by Gasteiger charge is -2.33. The molecule has 144 heavy (non-hydrogen) atoms. The molecule has 18 heteroatoms. The molecular formula is C126H162N3O12P3. The van der Waals surface area contributed by atoms with E-state index in [1.807, 2.05) is 218 Å². The van der Waals surface area contributed by atoms with Crippen LogP contribution in [0, 0.1) is 35.5 Å². The fourth-order valence-corrected chi connectivity index (χ4v) is 26.4. The Morgan fingerprint density at radius 3 is 0.375 bits per heavy atom. The molecule has 1 aliphatic rings. The normalized spacial score (nSPS) is 14.2. The number of nitrogens with zero attached hydrogens (tertiary/aromatic N) is 3. The summed E-state index contributed by atoms with van der Waals surface area (Å²) in [5, 5.41) is 0. The maximum Gasteiger partial charge on any atom is 0.460 e. The molecule has 0 amide bonds. The van der Waals surface area contributed by atoms with Crippen LogP contribution in [0.25, 0.3) is 66.8 Å². The van der Waals surface area contributed by atoms with Gasteiger partial charge in [-0.3, -0.25) is 0 Å². The summed E-state index contributed by atoms with van der Waals surface area (Å²) in [5.41, 5.74) is 11.6. The smallest absolute Gasteiger partial charge is 0.460 e. The van der Waals surface area contributed by atoms with Gasteiger partial charge in [-0.05, 0) is 286 Å². The monoisotopic (exact) mass is 2000 g/mol. The second-order valence-electron chi connectivity index (χ2n) is 39.8. The Balaban J connectivity index is 0.941. The molecule has 0 bridgehead atoms. The van der Waals surface area contributed by atoms with Gasteiger partial charge in [0.05, 0.1) is 39.6 Å². The lowest BCUT2D eigenvalue weighted by atomic mass is 10.0. The van der Waals surface area contributed by atoms with E-state index in [2.05, 4.69) is 156 Å². The van der Waals surface area contributed by atoms with Gasteiger partial charge >= 0.3 is 23.0 Å². The van der Waals surface area contributed by atoms with Crippen molar-refractivity contribution in [1.82, 2.24) is 0 Å². The Morgan fingerprint density at radius 2 is 0.264 bits per heavy atom. The minimum atomic E-state index is -4.52. The Morgan fingerprint density at radius 1 is 0.153 bits per heavy atom. The molecule has 1 aliphatic heterocycles. The molecule has 0 aromatic heterocycles. The topological polar surface area (TPSA) is 148 Å². The van der Waals surface area contributed by atoms with Crippen molar-refractivity contribution in [3.63, 3.8) is 0 Å². The molecule has 12 aromatic rings. The molecule has 0 N–H and O–H groups in total. The van der Waals surface area contributed by atoms with E-state index in [4.69, 9.17) is 69.1 Å². The Kier molecular flexibility index (Phi) is 45.1. The van der Waals surface area contributed by atoms with Crippen molar-refractivity contribution < 1.29 is 55.6 Å². The molecule has 0 fully saturated rings. The first-order chi connectivity index (χ1) is 70.3. The largest absolute Gasteiger partial charge is 0.494 e. The molecule has 12 aromatic carbocycles. The summed E-state index contributed by atoms with van der Waals surface area (Å²) >= 11 is 0. The van der Waals surface area contributed by atoms with Gasteiger partial charge in [0.25, 0.3) is 0 Å². The zero-order chi connectivity index (χ0) is 101. The average molecular weight is 2000 g/mol. The van der Waals surface area contributed by atoms with E-state index in [1.54, 1.807) is 0 Å². The van der Waals surface area contributed by atoms with Gasteiger partial charge in [-0.25, -0.2) is 0 Å². The molecular weight excluding hydrogens is 1840 g/mol. The van der Waals surface area contributed by atoms with Crippen LogP contribution in [0.1, 0.15) is 276 Å². The summed E-state index contributed by atoms with van der Waals surface area (Å²) in [5.74, 6) is 11.7. The molecule has 15 nitrogen and oxygen atoms in total. The standard InChI is InChI=1S/C126H162N3O12P3/c1-13-97(7)37-25-19-31-91-130-115-67-43-103(44-68-115)109-55-79-121(80-56-109)136-142(137-122-81-57-110(58-82-122)104-45-69-116(70-46-104)131-92-32-20-26-38-98(8)14-2)127-143(138-123-83-59-111(60-84-123)105-47-71-117(72-48-105)132-93-33-21-27-39-99(9)15-3,139-124-85-61-112(62-86-124)106-49-73-118(74-50-106)133-94-34-22-28-40-100(10)16-4)129-144(128-142,140-125-87-63-113(64-88-125)107-51-75-119(76-52-107)134-95-35-23-29-41-101(11)17-5)141-126-89-65-114(66-90-126)108-53-77-120(78-54-108)135-96-36-24-30-42-102(12)18-6/h43-90,97-102H,13-42,91-96H2,1-12H3/t97-,98-,99-,100-,101-,102-/m0/s1. The SMILES string of the molecule is CC[C@H](C)CCCCCOc1ccc(-c2ccc(OP3(Oc4ccc(-c5ccc(OCCCCC[C@@H](C)CC)cc5)cc4)=NP(Oc4ccc(-c5ccc(OCCCCC[C@@H](C)CC)cc5)cc4)(Oc4ccc(-c5ccc(OCCCCC[C@@H](C)CC)cc5)cc4)=NP(Oc4ccc(-c5ccc(OCCCCC[C@@H](C)CC)cc5)cc4)(Oc4ccc(-c5ccc(OCCCCC[C@@H](C)CC)cc5)cc4)=N3)cc2)cc1. The quantitative estimate of drug-likeness (QED) is 0.0264. The molecule has 0 radical (unpaired) electrons. The number of benzene rings is 12. The third-order valence-electron chi connectivity index (χ3n) is 28.1. The lowest BCUT2D eigenvalue weighted by molar-refractivity contribution is 0.302. The third kappa shape index (κ3) is 36.3. The highest BCUT2D eigenvalue weighted by Crippen LogP contribution is 2.79. The Labute approximate surface area is 864 Å². The molecule has 1 heterocycles. The lowest BCUT2D eigenvalue weighted by Crippen LogP contribution is -2.11. The van der Waals surface area contributed by atoms with Gasteiger partial charge in [-0.15, -0.1) is 0 Å². The van der Waals surface area contributed by atoms with E-state index in [0.717, 1.165) is 214 Å². The fraction of sp³-hybridized carbons (Fsp3) is 0.429.